The number of sulfonamides is 1. The lowest BCUT2D eigenvalue weighted by molar-refractivity contribution is -0.0494. The number of nitrogens with one attached hydrogen (secondary N) is 2. The van der Waals surface area contributed by atoms with Gasteiger partial charge >= 0.3 is 15.5 Å². The first-order valence-corrected chi connectivity index (χ1v) is 9.94. The number of guanidine groups is 1. The van der Waals surface area contributed by atoms with Gasteiger partial charge in [0.2, 0.25) is 0 Å². The number of rotatable bonds is 5. The van der Waals surface area contributed by atoms with E-state index in [4.69, 9.17) is 0 Å². The first-order valence-electron chi connectivity index (χ1n) is 8.49. The number of halogens is 4. The van der Waals surface area contributed by atoms with Crippen LogP contribution in [0.2, 0.25) is 0 Å². The van der Waals surface area contributed by atoms with Crippen LogP contribution in [-0.2, 0) is 16.6 Å². The van der Waals surface area contributed by atoms with Crippen molar-refractivity contribution in [2.45, 2.75) is 37.9 Å². The Morgan fingerprint density at radius 1 is 1.26 bits per heavy atom. The molecule has 6 nitrogen and oxygen atoms in total. The van der Waals surface area contributed by atoms with E-state index in [1.165, 1.54) is 6.07 Å². The van der Waals surface area contributed by atoms with Crippen LogP contribution in [0.25, 0.3) is 0 Å². The summed E-state index contributed by atoms with van der Waals surface area (Å²) in [6, 6.07) is 5.99. The second-order valence-corrected chi connectivity index (χ2v) is 7.98. The summed E-state index contributed by atoms with van der Waals surface area (Å²) in [6.07, 6.45) is 0.416. The van der Waals surface area contributed by atoms with Crippen LogP contribution in [0.15, 0.2) is 29.3 Å². The summed E-state index contributed by atoms with van der Waals surface area (Å²) in [4.78, 5) is 4.29. The highest BCUT2D eigenvalue weighted by Crippen LogP contribution is 2.28. The lowest BCUT2D eigenvalue weighted by atomic mass is 10.1. The standard InChI is InChI=1S/C16H22F4N4O2S/c1-2-21-15(22-11-12-5-3-4-6-14(12)17)23-13-7-9-24(10-8-13)27(25,26)16(18,19)20/h3-6,13H,2,7-11H2,1H3,(H2,21,22,23). The summed E-state index contributed by atoms with van der Waals surface area (Å²) in [5.41, 5.74) is -4.87. The Morgan fingerprint density at radius 3 is 2.44 bits per heavy atom. The molecule has 0 amide bonds. The largest absolute Gasteiger partial charge is 0.511 e. The third-order valence-electron chi connectivity index (χ3n) is 4.14. The number of alkyl halides is 3. The fraction of sp³-hybridized carbons (Fsp3) is 0.562. The molecule has 1 heterocycles. The molecule has 1 aromatic carbocycles. The molecule has 0 aliphatic carbocycles. The van der Waals surface area contributed by atoms with Gasteiger partial charge in [0.15, 0.2) is 5.96 Å². The molecule has 0 atom stereocenters. The predicted molar refractivity (Wildman–Crippen MR) is 93.9 cm³/mol. The molecule has 152 valence electrons. The Balaban J connectivity index is 1.96. The maximum Gasteiger partial charge on any atom is 0.511 e. The zero-order chi connectivity index (χ0) is 20.1. The van der Waals surface area contributed by atoms with Gasteiger partial charge in [0.25, 0.3) is 0 Å². The Bertz CT molecular complexity index is 760. The molecule has 0 bridgehead atoms. The van der Waals surface area contributed by atoms with Crippen LogP contribution in [0.1, 0.15) is 25.3 Å². The predicted octanol–water partition coefficient (Wildman–Crippen LogP) is 2.19. The van der Waals surface area contributed by atoms with E-state index in [-0.39, 0.29) is 44.3 Å². The molecule has 27 heavy (non-hydrogen) atoms. The van der Waals surface area contributed by atoms with Gasteiger partial charge in [0, 0.05) is 31.2 Å². The second-order valence-electron chi connectivity index (χ2n) is 6.06. The third-order valence-corrected chi connectivity index (χ3v) is 5.77. The molecule has 1 aliphatic rings. The van der Waals surface area contributed by atoms with Crippen molar-refractivity contribution in [3.05, 3.63) is 35.6 Å². The average Bonchev–Trinajstić information content (AvgIpc) is 2.60. The van der Waals surface area contributed by atoms with Crippen molar-refractivity contribution < 1.29 is 26.0 Å². The van der Waals surface area contributed by atoms with Crippen molar-refractivity contribution >= 4 is 16.0 Å². The molecule has 0 unspecified atom stereocenters. The van der Waals surface area contributed by atoms with Crippen LogP contribution in [0.3, 0.4) is 0 Å². The molecule has 0 saturated carbocycles. The molecule has 2 rings (SSSR count). The molecule has 0 aromatic heterocycles. The highest BCUT2D eigenvalue weighted by atomic mass is 32.2. The van der Waals surface area contributed by atoms with Crippen LogP contribution in [0, 0.1) is 5.82 Å². The van der Waals surface area contributed by atoms with E-state index in [0.29, 0.717) is 22.4 Å². The highest BCUT2D eigenvalue weighted by molar-refractivity contribution is 7.90. The van der Waals surface area contributed by atoms with Crippen LogP contribution >= 0.6 is 0 Å². The number of hydrogen-bond acceptors (Lipinski definition) is 3. The van der Waals surface area contributed by atoms with Crippen LogP contribution in [0.5, 0.6) is 0 Å². The van der Waals surface area contributed by atoms with E-state index >= 15 is 0 Å². The van der Waals surface area contributed by atoms with Crippen molar-refractivity contribution in [1.82, 2.24) is 14.9 Å². The Labute approximate surface area is 155 Å². The lowest BCUT2D eigenvalue weighted by Gasteiger charge is -2.32. The van der Waals surface area contributed by atoms with Crippen molar-refractivity contribution in [2.24, 2.45) is 4.99 Å². The zero-order valence-electron chi connectivity index (χ0n) is 14.8. The van der Waals surface area contributed by atoms with Gasteiger partial charge in [0.05, 0.1) is 6.54 Å². The fourth-order valence-electron chi connectivity index (χ4n) is 2.69. The number of hydrogen-bond donors (Lipinski definition) is 2. The second kappa shape index (κ2) is 8.87. The topological polar surface area (TPSA) is 73.8 Å². The van der Waals surface area contributed by atoms with Crippen molar-refractivity contribution in [1.29, 1.82) is 0 Å². The molecular formula is C16H22F4N4O2S. The van der Waals surface area contributed by atoms with Crippen LogP contribution in [0.4, 0.5) is 17.6 Å². The molecule has 1 saturated heterocycles. The Kier molecular flexibility index (Phi) is 7.04. The molecule has 1 aromatic rings. The normalized spacial score (nSPS) is 17.7. The van der Waals surface area contributed by atoms with Crippen LogP contribution < -0.4 is 10.6 Å². The Morgan fingerprint density at radius 2 is 1.89 bits per heavy atom. The van der Waals surface area contributed by atoms with Gasteiger partial charge in [-0.1, -0.05) is 18.2 Å². The van der Waals surface area contributed by atoms with Gasteiger partial charge in [0.1, 0.15) is 5.82 Å². The molecule has 0 spiro atoms. The summed E-state index contributed by atoms with van der Waals surface area (Å²) in [5.74, 6) is 0.0284. The van der Waals surface area contributed by atoms with Gasteiger partial charge in [-0.25, -0.2) is 17.8 Å². The van der Waals surface area contributed by atoms with Gasteiger partial charge in [-0.3, -0.25) is 0 Å². The fourth-order valence-corrected chi connectivity index (χ4v) is 3.68. The van der Waals surface area contributed by atoms with E-state index < -0.39 is 15.5 Å². The van der Waals surface area contributed by atoms with Crippen molar-refractivity contribution in [3.8, 4) is 0 Å². The third kappa shape index (κ3) is 5.55. The minimum Gasteiger partial charge on any atom is -0.357 e. The minimum atomic E-state index is -5.29. The summed E-state index contributed by atoms with van der Waals surface area (Å²) < 4.78 is 74.8. The van der Waals surface area contributed by atoms with E-state index in [2.05, 4.69) is 15.6 Å². The zero-order valence-corrected chi connectivity index (χ0v) is 15.6. The highest BCUT2D eigenvalue weighted by Gasteiger charge is 2.50. The Hall–Kier alpha value is -1.88. The molecular weight excluding hydrogens is 388 g/mol. The summed E-state index contributed by atoms with van der Waals surface area (Å²) in [5, 5.41) is 6.06. The van der Waals surface area contributed by atoms with Gasteiger partial charge < -0.3 is 10.6 Å². The quantitative estimate of drug-likeness (QED) is 0.444. The summed E-state index contributed by atoms with van der Waals surface area (Å²) in [6.45, 7) is 2.03. The first-order chi connectivity index (χ1) is 12.6. The first kappa shape index (κ1) is 21.4. The van der Waals surface area contributed by atoms with E-state index in [1.807, 2.05) is 6.92 Å². The minimum absolute atomic E-state index is 0.101. The molecule has 1 fully saturated rings. The van der Waals surface area contributed by atoms with Gasteiger partial charge in [-0.15, -0.1) is 0 Å². The number of piperidine rings is 1. The molecule has 0 radical (unpaired) electrons. The number of benzene rings is 1. The number of nitrogens with zero attached hydrogens (tertiary/aromatic N) is 2. The summed E-state index contributed by atoms with van der Waals surface area (Å²) in [7, 11) is -5.29. The van der Waals surface area contributed by atoms with E-state index in [0.717, 1.165) is 0 Å². The van der Waals surface area contributed by atoms with E-state index in [1.54, 1.807) is 18.2 Å². The molecule has 2 N–H and O–H groups in total. The van der Waals surface area contributed by atoms with Crippen molar-refractivity contribution in [3.63, 3.8) is 0 Å². The van der Waals surface area contributed by atoms with Gasteiger partial charge in [-0.05, 0) is 25.8 Å². The summed E-state index contributed by atoms with van der Waals surface area (Å²) >= 11 is 0. The smallest absolute Gasteiger partial charge is 0.357 e. The molecule has 11 heteroatoms. The van der Waals surface area contributed by atoms with Gasteiger partial charge in [-0.2, -0.15) is 17.5 Å². The maximum absolute atomic E-state index is 13.7. The monoisotopic (exact) mass is 410 g/mol. The lowest BCUT2D eigenvalue weighted by Crippen LogP contribution is -2.51. The van der Waals surface area contributed by atoms with E-state index in [9.17, 15) is 26.0 Å². The maximum atomic E-state index is 13.7. The molecule has 1 aliphatic heterocycles. The van der Waals surface area contributed by atoms with Crippen molar-refractivity contribution in [2.75, 3.05) is 19.6 Å². The SMILES string of the molecule is CCNC(=NCc1ccccc1F)NC1CCN(S(=O)(=O)C(F)(F)F)CC1. The van der Waals surface area contributed by atoms with Crippen LogP contribution in [-0.4, -0.2) is 49.9 Å². The average molecular weight is 410 g/mol. The number of aliphatic imine (C=N–C) groups is 1.